The van der Waals surface area contributed by atoms with Crippen molar-refractivity contribution >= 4 is 5.97 Å². The molecule has 6 heteroatoms. The molecule has 0 atom stereocenters. The molecule has 0 unspecified atom stereocenters. The molecule has 0 saturated carbocycles. The van der Waals surface area contributed by atoms with Crippen molar-refractivity contribution in [3.05, 3.63) is 41.5 Å². The Bertz CT molecular complexity index is 592. The second kappa shape index (κ2) is 3.89. The third-order valence-electron chi connectivity index (χ3n) is 2.30. The number of nitrogens with zero attached hydrogens (tertiary/aromatic N) is 2. The number of benzene rings is 1. The maximum absolute atomic E-state index is 13.1. The highest BCUT2D eigenvalue weighted by atomic mass is 19.1. The van der Waals surface area contributed by atoms with Crippen LogP contribution in [0.25, 0.3) is 5.69 Å². The molecule has 2 N–H and O–H groups in total. The SMILES string of the molecule is Cc1cc(-n2cc(O)c(C(=O)O)n2)ccc1F. The Kier molecular flexibility index (Phi) is 2.55. The zero-order chi connectivity index (χ0) is 12.6. The van der Waals surface area contributed by atoms with E-state index in [2.05, 4.69) is 5.10 Å². The van der Waals surface area contributed by atoms with Crippen molar-refractivity contribution in [1.82, 2.24) is 9.78 Å². The quantitative estimate of drug-likeness (QED) is 0.832. The van der Waals surface area contributed by atoms with Crippen LogP contribution in [0.5, 0.6) is 5.75 Å². The van der Waals surface area contributed by atoms with E-state index in [4.69, 9.17) is 5.11 Å². The summed E-state index contributed by atoms with van der Waals surface area (Å²) in [5.74, 6) is -2.11. The van der Waals surface area contributed by atoms with Crippen LogP contribution in [-0.4, -0.2) is 26.0 Å². The second-order valence-corrected chi connectivity index (χ2v) is 3.55. The number of carboxylic acids is 1. The normalized spacial score (nSPS) is 10.5. The van der Waals surface area contributed by atoms with E-state index in [0.717, 1.165) is 6.20 Å². The van der Waals surface area contributed by atoms with Crippen LogP contribution in [0.15, 0.2) is 24.4 Å². The molecule has 5 nitrogen and oxygen atoms in total. The topological polar surface area (TPSA) is 75.4 Å². The summed E-state index contributed by atoms with van der Waals surface area (Å²) in [6.07, 6.45) is 1.16. The van der Waals surface area contributed by atoms with Gasteiger partial charge < -0.3 is 10.2 Å². The Hall–Kier alpha value is -2.37. The molecule has 0 aliphatic carbocycles. The average Bonchev–Trinajstić information content (AvgIpc) is 2.64. The fourth-order valence-electron chi connectivity index (χ4n) is 1.42. The van der Waals surface area contributed by atoms with Gasteiger partial charge in [0.05, 0.1) is 11.9 Å². The van der Waals surface area contributed by atoms with Gasteiger partial charge in [-0.25, -0.2) is 13.9 Å². The summed E-state index contributed by atoms with van der Waals surface area (Å²) in [4.78, 5) is 10.7. The highest BCUT2D eigenvalue weighted by molar-refractivity contribution is 5.88. The number of carboxylic acid groups (broad SMARTS) is 1. The minimum Gasteiger partial charge on any atom is -0.504 e. The van der Waals surface area contributed by atoms with Gasteiger partial charge in [0.1, 0.15) is 5.82 Å². The van der Waals surface area contributed by atoms with Crippen LogP contribution in [-0.2, 0) is 0 Å². The van der Waals surface area contributed by atoms with Crippen LogP contribution < -0.4 is 0 Å². The van der Waals surface area contributed by atoms with Crippen molar-refractivity contribution in [3.63, 3.8) is 0 Å². The second-order valence-electron chi connectivity index (χ2n) is 3.55. The molecular formula is C11H9FN2O3. The lowest BCUT2D eigenvalue weighted by Gasteiger charge is -2.02. The highest BCUT2D eigenvalue weighted by Crippen LogP contribution is 2.19. The molecule has 1 aromatic carbocycles. The molecular weight excluding hydrogens is 227 g/mol. The Morgan fingerprint density at radius 1 is 1.47 bits per heavy atom. The predicted molar refractivity (Wildman–Crippen MR) is 56.9 cm³/mol. The molecule has 0 saturated heterocycles. The lowest BCUT2D eigenvalue weighted by molar-refractivity contribution is 0.0687. The van der Waals surface area contributed by atoms with E-state index in [0.29, 0.717) is 11.3 Å². The molecule has 1 aromatic heterocycles. The summed E-state index contributed by atoms with van der Waals surface area (Å²) in [5.41, 5.74) is 0.452. The van der Waals surface area contributed by atoms with E-state index in [-0.39, 0.29) is 5.82 Å². The minimum absolute atomic E-state index is 0.358. The van der Waals surface area contributed by atoms with Gasteiger partial charge in [0.25, 0.3) is 0 Å². The number of aromatic carboxylic acids is 1. The van der Waals surface area contributed by atoms with Gasteiger partial charge in [0.15, 0.2) is 5.75 Å². The van der Waals surface area contributed by atoms with Crippen molar-refractivity contribution in [1.29, 1.82) is 0 Å². The lowest BCUT2D eigenvalue weighted by atomic mass is 10.2. The first-order valence-electron chi connectivity index (χ1n) is 4.77. The fourth-order valence-corrected chi connectivity index (χ4v) is 1.42. The van der Waals surface area contributed by atoms with Crippen molar-refractivity contribution in [2.45, 2.75) is 6.92 Å². The molecule has 2 rings (SSSR count). The third kappa shape index (κ3) is 1.96. The van der Waals surface area contributed by atoms with Gasteiger partial charge in [-0.2, -0.15) is 5.10 Å². The summed E-state index contributed by atoms with van der Waals surface area (Å²) >= 11 is 0. The van der Waals surface area contributed by atoms with Crippen molar-refractivity contribution in [2.75, 3.05) is 0 Å². The molecule has 17 heavy (non-hydrogen) atoms. The van der Waals surface area contributed by atoms with Gasteiger partial charge in [0, 0.05) is 0 Å². The summed E-state index contributed by atoms with van der Waals surface area (Å²) in [5, 5.41) is 21.8. The number of aryl methyl sites for hydroxylation is 1. The van der Waals surface area contributed by atoms with Gasteiger partial charge in [-0.1, -0.05) is 0 Å². The van der Waals surface area contributed by atoms with E-state index in [1.807, 2.05) is 0 Å². The number of hydrogen-bond acceptors (Lipinski definition) is 3. The van der Waals surface area contributed by atoms with Crippen LogP contribution in [0.1, 0.15) is 16.1 Å². The fraction of sp³-hybridized carbons (Fsp3) is 0.0909. The predicted octanol–water partition coefficient (Wildman–Crippen LogP) is 1.72. The van der Waals surface area contributed by atoms with Crippen molar-refractivity contribution < 1.29 is 19.4 Å². The Morgan fingerprint density at radius 2 is 2.18 bits per heavy atom. The van der Waals surface area contributed by atoms with Crippen molar-refractivity contribution in [2.24, 2.45) is 0 Å². The molecule has 0 aliphatic rings. The van der Waals surface area contributed by atoms with E-state index >= 15 is 0 Å². The summed E-state index contributed by atoms with van der Waals surface area (Å²) in [6.45, 7) is 1.58. The van der Waals surface area contributed by atoms with Gasteiger partial charge in [0.2, 0.25) is 5.69 Å². The van der Waals surface area contributed by atoms with Crippen LogP contribution in [0.4, 0.5) is 4.39 Å². The van der Waals surface area contributed by atoms with E-state index in [1.165, 1.54) is 22.9 Å². The molecule has 0 spiro atoms. The first-order valence-corrected chi connectivity index (χ1v) is 4.77. The highest BCUT2D eigenvalue weighted by Gasteiger charge is 2.15. The van der Waals surface area contributed by atoms with Gasteiger partial charge in [-0.05, 0) is 30.7 Å². The van der Waals surface area contributed by atoms with Crippen LogP contribution in [0.3, 0.4) is 0 Å². The van der Waals surface area contributed by atoms with Crippen LogP contribution in [0.2, 0.25) is 0 Å². The van der Waals surface area contributed by atoms with Crippen LogP contribution in [0, 0.1) is 12.7 Å². The summed E-state index contributed by atoms with van der Waals surface area (Å²) in [7, 11) is 0. The van der Waals surface area contributed by atoms with E-state index < -0.39 is 17.4 Å². The molecule has 0 bridgehead atoms. The molecule has 88 valence electrons. The summed E-state index contributed by atoms with van der Waals surface area (Å²) < 4.78 is 14.2. The maximum atomic E-state index is 13.1. The number of hydrogen-bond donors (Lipinski definition) is 2. The summed E-state index contributed by atoms with van der Waals surface area (Å²) in [6, 6.07) is 4.21. The molecule has 0 fully saturated rings. The zero-order valence-corrected chi connectivity index (χ0v) is 8.88. The molecule has 0 radical (unpaired) electrons. The molecule has 2 aromatic rings. The first kappa shape index (κ1) is 11.1. The number of aromatic nitrogens is 2. The molecule has 1 heterocycles. The Morgan fingerprint density at radius 3 is 2.71 bits per heavy atom. The number of carbonyl (C=O) groups is 1. The standard InChI is InChI=1S/C11H9FN2O3/c1-6-4-7(2-3-8(6)12)14-5-9(15)10(13-14)11(16)17/h2-5,15H,1H3,(H,16,17). The van der Waals surface area contributed by atoms with Gasteiger partial charge in [-0.15, -0.1) is 0 Å². The average molecular weight is 236 g/mol. The monoisotopic (exact) mass is 236 g/mol. The maximum Gasteiger partial charge on any atom is 0.360 e. The van der Waals surface area contributed by atoms with E-state index in [9.17, 15) is 14.3 Å². The van der Waals surface area contributed by atoms with E-state index in [1.54, 1.807) is 6.92 Å². The smallest absolute Gasteiger partial charge is 0.360 e. The van der Waals surface area contributed by atoms with Gasteiger partial charge >= 0.3 is 5.97 Å². The van der Waals surface area contributed by atoms with Gasteiger partial charge in [-0.3, -0.25) is 0 Å². The Balaban J connectivity index is 2.50. The van der Waals surface area contributed by atoms with Crippen molar-refractivity contribution in [3.8, 4) is 11.4 Å². The number of aromatic hydroxyl groups is 1. The third-order valence-corrected chi connectivity index (χ3v) is 2.30. The molecule has 0 amide bonds. The minimum atomic E-state index is -1.32. The lowest BCUT2D eigenvalue weighted by Crippen LogP contribution is -2.01. The number of halogens is 1. The molecule has 0 aliphatic heterocycles. The number of rotatable bonds is 2. The first-order chi connectivity index (χ1) is 7.99. The zero-order valence-electron chi connectivity index (χ0n) is 8.88. The van der Waals surface area contributed by atoms with Crippen LogP contribution >= 0.6 is 0 Å². The Labute approximate surface area is 95.7 Å². The largest absolute Gasteiger partial charge is 0.504 e.